The number of benzene rings is 1. The van der Waals surface area contributed by atoms with Gasteiger partial charge >= 0.3 is 0 Å². The summed E-state index contributed by atoms with van der Waals surface area (Å²) in [6.07, 6.45) is 3.44. The number of aryl methyl sites for hydroxylation is 1. The quantitative estimate of drug-likeness (QED) is 0.844. The summed E-state index contributed by atoms with van der Waals surface area (Å²) in [5.74, 6) is 0. The number of hydrogen-bond donors (Lipinski definition) is 1. The molecule has 0 bridgehead atoms. The van der Waals surface area contributed by atoms with E-state index >= 15 is 0 Å². The molecule has 0 radical (unpaired) electrons. The van der Waals surface area contributed by atoms with Crippen LogP contribution in [-0.4, -0.2) is 24.8 Å². The van der Waals surface area contributed by atoms with Crippen molar-refractivity contribution in [2.45, 2.75) is 44.7 Å². The summed E-state index contributed by atoms with van der Waals surface area (Å²) < 4.78 is 5.40. The van der Waals surface area contributed by atoms with Crippen LogP contribution in [0.3, 0.4) is 0 Å². The summed E-state index contributed by atoms with van der Waals surface area (Å²) in [7, 11) is 0. The molecule has 1 fully saturated rings. The number of rotatable bonds is 5. The van der Waals surface area contributed by atoms with Crippen LogP contribution in [0.25, 0.3) is 0 Å². The highest BCUT2D eigenvalue weighted by atomic mass is 16.5. The zero-order chi connectivity index (χ0) is 12.1. The van der Waals surface area contributed by atoms with Crippen molar-refractivity contribution in [1.29, 1.82) is 0 Å². The lowest BCUT2D eigenvalue weighted by Gasteiger charge is -2.29. The fraction of sp³-hybridized carbons (Fsp3) is 0.600. The van der Waals surface area contributed by atoms with Gasteiger partial charge in [0.25, 0.3) is 0 Å². The first kappa shape index (κ1) is 12.6. The van der Waals surface area contributed by atoms with Gasteiger partial charge in [0.2, 0.25) is 0 Å². The Hall–Kier alpha value is -0.860. The molecule has 0 saturated carbocycles. The molecule has 17 heavy (non-hydrogen) atoms. The zero-order valence-electron chi connectivity index (χ0n) is 10.9. The van der Waals surface area contributed by atoms with Crippen molar-refractivity contribution in [2.75, 3.05) is 13.2 Å². The lowest BCUT2D eigenvalue weighted by atomic mass is 9.94. The van der Waals surface area contributed by atoms with E-state index in [1.165, 1.54) is 5.56 Å². The molecular weight excluding hydrogens is 210 g/mol. The summed E-state index contributed by atoms with van der Waals surface area (Å²) in [5, 5.41) is 3.70. The van der Waals surface area contributed by atoms with Crippen molar-refractivity contribution >= 4 is 0 Å². The van der Waals surface area contributed by atoms with Crippen LogP contribution >= 0.6 is 0 Å². The Labute approximate surface area is 104 Å². The molecule has 0 aliphatic carbocycles. The second-order valence-corrected chi connectivity index (χ2v) is 5.57. The molecule has 1 aliphatic heterocycles. The van der Waals surface area contributed by atoms with Crippen molar-refractivity contribution < 1.29 is 4.74 Å². The molecule has 1 N–H and O–H groups in total. The fourth-order valence-electron chi connectivity index (χ4n) is 2.37. The topological polar surface area (TPSA) is 21.3 Å². The fourth-order valence-corrected chi connectivity index (χ4v) is 2.37. The van der Waals surface area contributed by atoms with E-state index in [2.05, 4.69) is 49.5 Å². The van der Waals surface area contributed by atoms with E-state index in [0.29, 0.717) is 6.04 Å². The monoisotopic (exact) mass is 233 g/mol. The van der Waals surface area contributed by atoms with Crippen molar-refractivity contribution in [2.24, 2.45) is 0 Å². The Balaban J connectivity index is 1.80. The molecule has 1 saturated heterocycles. The lowest BCUT2D eigenvalue weighted by Crippen LogP contribution is -2.46. The van der Waals surface area contributed by atoms with Gasteiger partial charge in [-0.3, -0.25) is 0 Å². The van der Waals surface area contributed by atoms with Gasteiger partial charge in [0.1, 0.15) is 0 Å². The molecule has 0 amide bonds. The maximum atomic E-state index is 5.40. The van der Waals surface area contributed by atoms with E-state index in [4.69, 9.17) is 4.74 Å². The van der Waals surface area contributed by atoms with E-state index in [9.17, 15) is 0 Å². The van der Waals surface area contributed by atoms with Gasteiger partial charge in [0.05, 0.1) is 6.61 Å². The largest absolute Gasteiger partial charge is 0.380 e. The molecular formula is C15H23NO. The number of hydrogen-bond acceptors (Lipinski definition) is 2. The minimum atomic E-state index is 0.189. The Kier molecular flexibility index (Phi) is 4.19. The van der Waals surface area contributed by atoms with Crippen LogP contribution in [0.15, 0.2) is 30.3 Å². The number of nitrogens with one attached hydrogen (secondary N) is 1. The lowest BCUT2D eigenvalue weighted by molar-refractivity contribution is 0.182. The Morgan fingerprint density at radius 3 is 2.71 bits per heavy atom. The van der Waals surface area contributed by atoms with Gasteiger partial charge in [-0.05, 0) is 38.7 Å². The van der Waals surface area contributed by atoms with Crippen LogP contribution in [0.2, 0.25) is 0 Å². The third-order valence-corrected chi connectivity index (χ3v) is 3.41. The molecule has 1 aliphatic rings. The van der Waals surface area contributed by atoms with E-state index in [1.807, 2.05) is 0 Å². The van der Waals surface area contributed by atoms with Gasteiger partial charge < -0.3 is 10.1 Å². The highest BCUT2D eigenvalue weighted by molar-refractivity contribution is 5.15. The van der Waals surface area contributed by atoms with Crippen molar-refractivity contribution in [3.63, 3.8) is 0 Å². The third kappa shape index (κ3) is 4.14. The standard InChI is InChI=1S/C15H23NO/c1-15(2,16-14-9-11-17-12-14)10-8-13-6-4-3-5-7-13/h3-7,14,16H,8-12H2,1-2H3. The molecule has 0 spiro atoms. The zero-order valence-corrected chi connectivity index (χ0v) is 10.9. The Morgan fingerprint density at radius 1 is 1.29 bits per heavy atom. The van der Waals surface area contributed by atoms with Crippen molar-refractivity contribution in [1.82, 2.24) is 5.32 Å². The van der Waals surface area contributed by atoms with E-state index < -0.39 is 0 Å². The van der Waals surface area contributed by atoms with Crippen LogP contribution in [0.4, 0.5) is 0 Å². The van der Waals surface area contributed by atoms with Gasteiger partial charge in [-0.15, -0.1) is 0 Å². The summed E-state index contributed by atoms with van der Waals surface area (Å²) in [4.78, 5) is 0. The summed E-state index contributed by atoms with van der Waals surface area (Å²) in [6, 6.07) is 11.2. The first-order valence-electron chi connectivity index (χ1n) is 6.55. The maximum absolute atomic E-state index is 5.40. The molecule has 1 aromatic carbocycles. The third-order valence-electron chi connectivity index (χ3n) is 3.41. The smallest absolute Gasteiger partial charge is 0.0620 e. The first-order valence-corrected chi connectivity index (χ1v) is 6.55. The molecule has 2 nitrogen and oxygen atoms in total. The Bertz CT molecular complexity index is 328. The second kappa shape index (κ2) is 5.65. The number of ether oxygens (including phenoxy) is 1. The normalized spacial score (nSPS) is 20.7. The molecule has 1 unspecified atom stereocenters. The molecule has 1 aromatic rings. The average Bonchev–Trinajstić information content (AvgIpc) is 2.80. The van der Waals surface area contributed by atoms with Gasteiger partial charge in [0.15, 0.2) is 0 Å². The van der Waals surface area contributed by atoms with Gasteiger partial charge in [-0.25, -0.2) is 0 Å². The van der Waals surface area contributed by atoms with Crippen LogP contribution in [-0.2, 0) is 11.2 Å². The summed E-state index contributed by atoms with van der Waals surface area (Å²) in [5.41, 5.74) is 1.61. The second-order valence-electron chi connectivity index (χ2n) is 5.57. The highest BCUT2D eigenvalue weighted by Crippen LogP contribution is 2.16. The SMILES string of the molecule is CC(C)(CCc1ccccc1)NC1CCOC1. The molecule has 1 heterocycles. The van der Waals surface area contributed by atoms with Crippen LogP contribution in [0.5, 0.6) is 0 Å². The summed E-state index contributed by atoms with van der Waals surface area (Å²) >= 11 is 0. The molecule has 2 heteroatoms. The predicted octanol–water partition coefficient (Wildman–Crippen LogP) is 2.78. The molecule has 2 rings (SSSR count). The molecule has 1 atom stereocenters. The van der Waals surface area contributed by atoms with E-state index in [-0.39, 0.29) is 5.54 Å². The van der Waals surface area contributed by atoms with E-state index in [1.54, 1.807) is 0 Å². The molecule has 94 valence electrons. The van der Waals surface area contributed by atoms with Crippen LogP contribution < -0.4 is 5.32 Å². The minimum Gasteiger partial charge on any atom is -0.380 e. The first-order chi connectivity index (χ1) is 8.16. The van der Waals surface area contributed by atoms with Crippen molar-refractivity contribution in [3.8, 4) is 0 Å². The summed E-state index contributed by atoms with van der Waals surface area (Å²) in [6.45, 7) is 6.35. The van der Waals surface area contributed by atoms with Gasteiger partial charge in [-0.1, -0.05) is 30.3 Å². The van der Waals surface area contributed by atoms with Crippen LogP contribution in [0, 0.1) is 0 Å². The van der Waals surface area contributed by atoms with E-state index in [0.717, 1.165) is 32.5 Å². The van der Waals surface area contributed by atoms with Crippen molar-refractivity contribution in [3.05, 3.63) is 35.9 Å². The van der Waals surface area contributed by atoms with Gasteiger partial charge in [-0.2, -0.15) is 0 Å². The molecule has 0 aromatic heterocycles. The average molecular weight is 233 g/mol. The maximum Gasteiger partial charge on any atom is 0.0620 e. The van der Waals surface area contributed by atoms with Gasteiger partial charge in [0, 0.05) is 18.2 Å². The van der Waals surface area contributed by atoms with Crippen LogP contribution in [0.1, 0.15) is 32.3 Å². The minimum absolute atomic E-state index is 0.189. The predicted molar refractivity (Wildman–Crippen MR) is 71.2 cm³/mol. The Morgan fingerprint density at radius 2 is 2.06 bits per heavy atom. The highest BCUT2D eigenvalue weighted by Gasteiger charge is 2.24.